The van der Waals surface area contributed by atoms with E-state index in [1.165, 1.54) is 13.2 Å². The van der Waals surface area contributed by atoms with Crippen molar-refractivity contribution < 1.29 is 23.8 Å². The molecule has 2 N–H and O–H groups in total. The predicted molar refractivity (Wildman–Crippen MR) is 141 cm³/mol. The van der Waals surface area contributed by atoms with Crippen molar-refractivity contribution in [3.63, 3.8) is 0 Å². The fourth-order valence-electron chi connectivity index (χ4n) is 3.02. The van der Waals surface area contributed by atoms with Crippen LogP contribution in [0.5, 0.6) is 17.2 Å². The normalized spacial score (nSPS) is 10.7. The van der Waals surface area contributed by atoms with Crippen molar-refractivity contribution in [3.8, 4) is 23.3 Å². The number of amides is 2. The second kappa shape index (κ2) is 12.6. The Morgan fingerprint density at radius 1 is 1.00 bits per heavy atom. The number of nitrogens with one attached hydrogen (secondary N) is 2. The number of nitrogens with zero attached hydrogens (tertiary/aromatic N) is 1. The number of ether oxygens (including phenoxy) is 3. The van der Waals surface area contributed by atoms with Gasteiger partial charge in [0.2, 0.25) is 0 Å². The molecule has 0 aliphatic rings. The van der Waals surface area contributed by atoms with E-state index < -0.39 is 5.91 Å². The van der Waals surface area contributed by atoms with Gasteiger partial charge in [-0.15, -0.1) is 0 Å². The molecule has 3 aromatic carbocycles. The molecule has 3 aromatic rings. The zero-order chi connectivity index (χ0) is 26.1. The highest BCUT2D eigenvalue weighted by Crippen LogP contribution is 2.37. The van der Waals surface area contributed by atoms with Gasteiger partial charge in [0, 0.05) is 16.4 Å². The number of benzene rings is 3. The maximum atomic E-state index is 12.6. The first-order valence-corrected chi connectivity index (χ1v) is 11.6. The summed E-state index contributed by atoms with van der Waals surface area (Å²) < 4.78 is 16.6. The summed E-state index contributed by atoms with van der Waals surface area (Å²) in [6.45, 7) is -0.277. The van der Waals surface area contributed by atoms with Crippen molar-refractivity contribution in [1.82, 2.24) is 0 Å². The zero-order valence-corrected chi connectivity index (χ0v) is 21.6. The predicted octanol–water partition coefficient (Wildman–Crippen LogP) is 5.68. The first kappa shape index (κ1) is 26.6. The summed E-state index contributed by atoms with van der Waals surface area (Å²) >= 11 is 9.26. The van der Waals surface area contributed by atoms with Crippen LogP contribution in [0.25, 0.3) is 6.08 Å². The summed E-state index contributed by atoms with van der Waals surface area (Å²) in [7, 11) is 2.99. The molecule has 8 nitrogen and oxygen atoms in total. The molecule has 0 fully saturated rings. The second-order valence-corrected chi connectivity index (χ2v) is 8.52. The molecule has 0 radical (unpaired) electrons. The lowest BCUT2D eigenvalue weighted by molar-refractivity contribution is -0.118. The van der Waals surface area contributed by atoms with Gasteiger partial charge in [-0.1, -0.05) is 11.6 Å². The van der Waals surface area contributed by atoms with Crippen molar-refractivity contribution >= 4 is 56.8 Å². The number of halogens is 2. The van der Waals surface area contributed by atoms with Crippen LogP contribution in [-0.2, 0) is 9.59 Å². The van der Waals surface area contributed by atoms with Gasteiger partial charge in [-0.2, -0.15) is 5.26 Å². The number of carbonyl (C=O) groups excluding carboxylic acids is 2. The van der Waals surface area contributed by atoms with E-state index in [2.05, 4.69) is 26.6 Å². The van der Waals surface area contributed by atoms with Crippen molar-refractivity contribution in [3.05, 3.63) is 81.3 Å². The summed E-state index contributed by atoms with van der Waals surface area (Å²) in [6, 6.07) is 18.6. The van der Waals surface area contributed by atoms with Gasteiger partial charge in [0.05, 0.1) is 18.7 Å². The lowest BCUT2D eigenvalue weighted by Gasteiger charge is -2.14. The van der Waals surface area contributed by atoms with Crippen molar-refractivity contribution in [2.75, 3.05) is 31.5 Å². The molecule has 0 bridgehead atoms. The average molecular weight is 571 g/mol. The fourth-order valence-corrected chi connectivity index (χ4v) is 3.72. The van der Waals surface area contributed by atoms with E-state index in [1.54, 1.807) is 67.8 Å². The van der Waals surface area contributed by atoms with E-state index >= 15 is 0 Å². The molecule has 0 atom stereocenters. The molecular formula is C26H21BrClN3O5. The van der Waals surface area contributed by atoms with E-state index in [0.717, 1.165) is 0 Å². The molecule has 0 spiro atoms. The van der Waals surface area contributed by atoms with Crippen molar-refractivity contribution in [2.45, 2.75) is 0 Å². The molecule has 0 heterocycles. The zero-order valence-electron chi connectivity index (χ0n) is 19.3. The van der Waals surface area contributed by atoms with E-state index in [4.69, 9.17) is 25.8 Å². The van der Waals surface area contributed by atoms with Crippen LogP contribution in [0.3, 0.4) is 0 Å². The van der Waals surface area contributed by atoms with Gasteiger partial charge in [-0.05, 0) is 88.2 Å². The molecule has 0 unspecified atom stereocenters. The molecule has 2 amide bonds. The Hall–Kier alpha value is -4.00. The molecule has 0 saturated heterocycles. The van der Waals surface area contributed by atoms with E-state index in [0.29, 0.717) is 43.7 Å². The summed E-state index contributed by atoms with van der Waals surface area (Å²) in [5, 5.41) is 15.5. The average Bonchev–Trinajstić information content (AvgIpc) is 2.88. The van der Waals surface area contributed by atoms with E-state index in [-0.39, 0.29) is 18.1 Å². The Bertz CT molecular complexity index is 1320. The van der Waals surface area contributed by atoms with Crippen molar-refractivity contribution in [1.29, 1.82) is 5.26 Å². The second-order valence-electron chi connectivity index (χ2n) is 7.23. The van der Waals surface area contributed by atoms with Gasteiger partial charge in [0.1, 0.15) is 17.4 Å². The molecule has 3 rings (SSSR count). The molecule has 0 saturated carbocycles. The number of hydrogen-bond donors (Lipinski definition) is 2. The van der Waals surface area contributed by atoms with Crippen LogP contribution < -0.4 is 24.8 Å². The van der Waals surface area contributed by atoms with E-state index in [9.17, 15) is 14.9 Å². The Labute approximate surface area is 221 Å². The van der Waals surface area contributed by atoms with Crippen LogP contribution >= 0.6 is 27.5 Å². The van der Waals surface area contributed by atoms with Gasteiger partial charge in [0.15, 0.2) is 18.1 Å². The molecule has 0 aliphatic heterocycles. The first-order valence-electron chi connectivity index (χ1n) is 10.5. The lowest BCUT2D eigenvalue weighted by atomic mass is 10.1. The highest BCUT2D eigenvalue weighted by molar-refractivity contribution is 9.10. The summed E-state index contributed by atoms with van der Waals surface area (Å²) in [6.07, 6.45) is 1.42. The third kappa shape index (κ3) is 7.25. The number of anilines is 2. The van der Waals surface area contributed by atoms with Gasteiger partial charge in [-0.25, -0.2) is 0 Å². The number of hydrogen-bond acceptors (Lipinski definition) is 6. The Morgan fingerprint density at radius 2 is 1.64 bits per heavy atom. The minimum atomic E-state index is -0.572. The van der Waals surface area contributed by atoms with Crippen LogP contribution in [0.1, 0.15) is 5.56 Å². The van der Waals surface area contributed by atoms with Crippen LogP contribution in [0, 0.1) is 11.3 Å². The molecule has 184 valence electrons. The number of carbonyl (C=O) groups is 2. The molecular weight excluding hydrogens is 550 g/mol. The maximum Gasteiger partial charge on any atom is 0.266 e. The van der Waals surface area contributed by atoms with Gasteiger partial charge >= 0.3 is 0 Å². The first-order chi connectivity index (χ1) is 17.3. The van der Waals surface area contributed by atoms with Crippen LogP contribution in [0.4, 0.5) is 11.4 Å². The topological polar surface area (TPSA) is 110 Å². The quantitative estimate of drug-likeness (QED) is 0.253. The van der Waals surface area contributed by atoms with Crippen LogP contribution in [0.15, 0.2) is 70.7 Å². The highest BCUT2D eigenvalue weighted by atomic mass is 79.9. The van der Waals surface area contributed by atoms with Crippen molar-refractivity contribution in [2.24, 2.45) is 0 Å². The van der Waals surface area contributed by atoms with Gasteiger partial charge in [0.25, 0.3) is 11.8 Å². The number of methoxy groups -OCH3 is 2. The molecule has 0 aromatic heterocycles. The lowest BCUT2D eigenvalue weighted by Crippen LogP contribution is -2.20. The number of nitriles is 1. The monoisotopic (exact) mass is 569 g/mol. The largest absolute Gasteiger partial charge is 0.497 e. The SMILES string of the molecule is COc1ccc(NC(=O)/C(C#N)=C/c2cc(Br)c(OCC(=O)Nc3ccc(Cl)cc3)c(OC)c2)cc1. The Morgan fingerprint density at radius 3 is 2.25 bits per heavy atom. The summed E-state index contributed by atoms with van der Waals surface area (Å²) in [5.41, 5.74) is 1.49. The minimum Gasteiger partial charge on any atom is -0.497 e. The van der Waals surface area contributed by atoms with Gasteiger partial charge < -0.3 is 24.8 Å². The highest BCUT2D eigenvalue weighted by Gasteiger charge is 2.15. The van der Waals surface area contributed by atoms with Gasteiger partial charge in [-0.3, -0.25) is 9.59 Å². The third-order valence-electron chi connectivity index (χ3n) is 4.75. The standard InChI is InChI=1S/C26H21BrClN3O5/c1-34-21-9-7-20(8-10-21)31-26(33)17(14-29)11-16-12-22(27)25(23(13-16)35-2)36-15-24(32)30-19-5-3-18(28)4-6-19/h3-13H,15H2,1-2H3,(H,30,32)(H,31,33)/b17-11+. The molecule has 0 aliphatic carbocycles. The molecule has 10 heteroatoms. The summed E-state index contributed by atoms with van der Waals surface area (Å²) in [5.74, 6) is 0.296. The third-order valence-corrected chi connectivity index (χ3v) is 5.59. The van der Waals surface area contributed by atoms with E-state index in [1.807, 2.05) is 6.07 Å². The Balaban J connectivity index is 1.72. The minimum absolute atomic E-state index is 0.115. The molecule has 36 heavy (non-hydrogen) atoms. The van der Waals surface area contributed by atoms with Crippen LogP contribution in [-0.4, -0.2) is 32.6 Å². The number of rotatable bonds is 9. The Kier molecular flexibility index (Phi) is 9.33. The smallest absolute Gasteiger partial charge is 0.266 e. The van der Waals surface area contributed by atoms with Crippen LogP contribution in [0.2, 0.25) is 5.02 Å². The maximum absolute atomic E-state index is 12.6. The fraction of sp³-hybridized carbons (Fsp3) is 0.115. The summed E-state index contributed by atoms with van der Waals surface area (Å²) in [4.78, 5) is 24.9.